The molecular formula is C18H22ClNOS. The number of carbonyl (C=O) groups excluding carboxylic acids is 1. The number of aromatic nitrogens is 1. The lowest BCUT2D eigenvalue weighted by Crippen LogP contribution is -2.00. The summed E-state index contributed by atoms with van der Waals surface area (Å²) in [4.78, 5) is 15.4. The molecule has 118 valence electrons. The zero-order valence-corrected chi connectivity index (χ0v) is 14.3. The van der Waals surface area contributed by atoms with Gasteiger partial charge in [0.2, 0.25) is 0 Å². The van der Waals surface area contributed by atoms with Gasteiger partial charge in [-0.15, -0.1) is 11.3 Å². The molecule has 0 saturated heterocycles. The monoisotopic (exact) mass is 335 g/mol. The van der Waals surface area contributed by atoms with Crippen LogP contribution in [0.5, 0.6) is 0 Å². The van der Waals surface area contributed by atoms with Crippen molar-refractivity contribution in [3.8, 4) is 0 Å². The average molecular weight is 336 g/mol. The molecule has 2 nitrogen and oxygen atoms in total. The molecule has 2 aromatic rings. The quantitative estimate of drug-likeness (QED) is 0.414. The van der Waals surface area contributed by atoms with Gasteiger partial charge in [0, 0.05) is 5.38 Å². The summed E-state index contributed by atoms with van der Waals surface area (Å²) in [5.41, 5.74) is 2.25. The van der Waals surface area contributed by atoms with Crippen molar-refractivity contribution >= 4 is 29.2 Å². The van der Waals surface area contributed by atoms with Gasteiger partial charge in [-0.05, 0) is 24.8 Å². The Labute approximate surface area is 141 Å². The Kier molecular flexibility index (Phi) is 7.61. The highest BCUT2D eigenvalue weighted by molar-refractivity contribution is 7.14. The molecule has 0 N–H and O–H groups in total. The number of aryl methyl sites for hydroxylation is 1. The van der Waals surface area contributed by atoms with E-state index in [0.29, 0.717) is 4.47 Å². The van der Waals surface area contributed by atoms with E-state index in [9.17, 15) is 4.79 Å². The summed E-state index contributed by atoms with van der Waals surface area (Å²) in [7, 11) is 0. The molecule has 0 radical (unpaired) electrons. The molecule has 0 fully saturated rings. The second kappa shape index (κ2) is 9.75. The van der Waals surface area contributed by atoms with Crippen molar-refractivity contribution in [2.24, 2.45) is 0 Å². The molecule has 0 bridgehead atoms. The first kappa shape index (κ1) is 17.2. The molecule has 1 heterocycles. The van der Waals surface area contributed by atoms with Crippen molar-refractivity contribution in [1.29, 1.82) is 0 Å². The van der Waals surface area contributed by atoms with Crippen LogP contribution < -0.4 is 0 Å². The second-order valence-corrected chi connectivity index (χ2v) is 7.00. The topological polar surface area (TPSA) is 30.0 Å². The lowest BCUT2D eigenvalue weighted by molar-refractivity contribution is -0.109. The van der Waals surface area contributed by atoms with E-state index >= 15 is 0 Å². The third-order valence-corrected chi connectivity index (χ3v) is 4.86. The standard InChI is InChI=1S/C18H22ClNOS/c19-18-20-17(14-22-18)16(13-21)12-8-3-1-2-5-9-15-10-6-4-7-11-15/h4,6-7,10-11,13-14,16H,1-3,5,8-9,12H2. The lowest BCUT2D eigenvalue weighted by atomic mass is 9.99. The highest BCUT2D eigenvalue weighted by atomic mass is 35.5. The predicted molar refractivity (Wildman–Crippen MR) is 93.8 cm³/mol. The molecule has 1 aromatic carbocycles. The summed E-state index contributed by atoms with van der Waals surface area (Å²) in [5, 5.41) is 1.89. The van der Waals surface area contributed by atoms with Crippen molar-refractivity contribution in [2.45, 2.75) is 50.9 Å². The molecule has 1 unspecified atom stereocenters. The molecular weight excluding hydrogens is 314 g/mol. The Balaban J connectivity index is 1.56. The summed E-state index contributed by atoms with van der Waals surface area (Å²) in [6.45, 7) is 0. The Morgan fingerprint density at radius 1 is 1.09 bits per heavy atom. The van der Waals surface area contributed by atoms with E-state index in [-0.39, 0.29) is 5.92 Å². The van der Waals surface area contributed by atoms with Gasteiger partial charge < -0.3 is 4.79 Å². The average Bonchev–Trinajstić information content (AvgIpc) is 2.97. The SMILES string of the molecule is O=CC(CCCCCCCc1ccccc1)c1csc(Cl)n1. The van der Waals surface area contributed by atoms with Crippen LogP contribution in [0.1, 0.15) is 55.7 Å². The molecule has 0 aliphatic heterocycles. The van der Waals surface area contributed by atoms with Crippen LogP contribution in [-0.4, -0.2) is 11.3 Å². The first-order valence-electron chi connectivity index (χ1n) is 7.89. The van der Waals surface area contributed by atoms with E-state index in [1.807, 2.05) is 5.38 Å². The fourth-order valence-corrected chi connectivity index (χ4v) is 3.42. The number of rotatable bonds is 10. The summed E-state index contributed by atoms with van der Waals surface area (Å²) in [5.74, 6) is -0.0898. The Morgan fingerprint density at radius 2 is 1.82 bits per heavy atom. The van der Waals surface area contributed by atoms with Crippen LogP contribution in [0.4, 0.5) is 0 Å². The van der Waals surface area contributed by atoms with Gasteiger partial charge in [-0.25, -0.2) is 4.98 Å². The third-order valence-electron chi connectivity index (χ3n) is 3.86. The maximum atomic E-state index is 11.2. The van der Waals surface area contributed by atoms with Crippen LogP contribution in [0.15, 0.2) is 35.7 Å². The third kappa shape index (κ3) is 5.90. The molecule has 0 saturated carbocycles. The van der Waals surface area contributed by atoms with Crippen molar-refractivity contribution in [1.82, 2.24) is 4.98 Å². The van der Waals surface area contributed by atoms with Gasteiger partial charge in [0.25, 0.3) is 0 Å². The Morgan fingerprint density at radius 3 is 2.50 bits per heavy atom. The number of hydrogen-bond acceptors (Lipinski definition) is 3. The normalized spacial score (nSPS) is 12.2. The van der Waals surface area contributed by atoms with Gasteiger partial charge in [0.15, 0.2) is 4.47 Å². The van der Waals surface area contributed by atoms with Crippen molar-refractivity contribution in [2.75, 3.05) is 0 Å². The van der Waals surface area contributed by atoms with Crippen molar-refractivity contribution < 1.29 is 4.79 Å². The van der Waals surface area contributed by atoms with Crippen LogP contribution >= 0.6 is 22.9 Å². The highest BCUT2D eigenvalue weighted by Crippen LogP contribution is 2.25. The van der Waals surface area contributed by atoms with Crippen molar-refractivity contribution in [3.63, 3.8) is 0 Å². The fourth-order valence-electron chi connectivity index (χ4n) is 2.59. The zero-order valence-electron chi connectivity index (χ0n) is 12.7. The minimum Gasteiger partial charge on any atom is -0.303 e. The number of nitrogens with zero attached hydrogens (tertiary/aromatic N) is 1. The van der Waals surface area contributed by atoms with E-state index in [4.69, 9.17) is 11.6 Å². The minimum absolute atomic E-state index is 0.0898. The van der Waals surface area contributed by atoms with Crippen LogP contribution in [0.3, 0.4) is 0 Å². The van der Waals surface area contributed by atoms with Crippen LogP contribution in [-0.2, 0) is 11.2 Å². The summed E-state index contributed by atoms with van der Waals surface area (Å²) in [6, 6.07) is 10.6. The maximum absolute atomic E-state index is 11.2. The van der Waals surface area contributed by atoms with E-state index in [0.717, 1.165) is 31.2 Å². The molecule has 1 aromatic heterocycles. The van der Waals surface area contributed by atoms with E-state index in [1.54, 1.807) is 0 Å². The summed E-state index contributed by atoms with van der Waals surface area (Å²) in [6.07, 6.45) is 9.02. The number of benzene rings is 1. The summed E-state index contributed by atoms with van der Waals surface area (Å²) < 4.78 is 0.516. The molecule has 22 heavy (non-hydrogen) atoms. The molecule has 0 aliphatic carbocycles. The lowest BCUT2D eigenvalue weighted by Gasteiger charge is -2.07. The minimum atomic E-state index is -0.0898. The molecule has 0 aliphatic rings. The van der Waals surface area contributed by atoms with Crippen molar-refractivity contribution in [3.05, 3.63) is 51.4 Å². The van der Waals surface area contributed by atoms with Gasteiger partial charge >= 0.3 is 0 Å². The van der Waals surface area contributed by atoms with Crippen LogP contribution in [0, 0.1) is 0 Å². The second-order valence-electron chi connectivity index (χ2n) is 5.56. The molecule has 0 amide bonds. The number of aldehydes is 1. The molecule has 2 rings (SSSR count). The van der Waals surface area contributed by atoms with E-state index in [2.05, 4.69) is 35.3 Å². The largest absolute Gasteiger partial charge is 0.303 e. The smallest absolute Gasteiger partial charge is 0.183 e. The maximum Gasteiger partial charge on any atom is 0.183 e. The fraction of sp³-hybridized carbons (Fsp3) is 0.444. The molecule has 4 heteroatoms. The van der Waals surface area contributed by atoms with Gasteiger partial charge in [0.1, 0.15) is 6.29 Å². The number of carbonyl (C=O) groups is 1. The Hall–Kier alpha value is -1.19. The Bertz CT molecular complexity index is 555. The van der Waals surface area contributed by atoms with Gasteiger partial charge in [0.05, 0.1) is 11.6 Å². The van der Waals surface area contributed by atoms with Gasteiger partial charge in [-0.2, -0.15) is 0 Å². The number of unbranched alkanes of at least 4 members (excludes halogenated alkanes) is 4. The van der Waals surface area contributed by atoms with Gasteiger partial charge in [-0.3, -0.25) is 0 Å². The van der Waals surface area contributed by atoms with Crippen LogP contribution in [0.2, 0.25) is 4.47 Å². The van der Waals surface area contributed by atoms with E-state index in [1.165, 1.54) is 42.6 Å². The number of hydrogen-bond donors (Lipinski definition) is 0. The number of halogens is 1. The number of thiazole rings is 1. The molecule has 0 spiro atoms. The highest BCUT2D eigenvalue weighted by Gasteiger charge is 2.13. The first-order valence-corrected chi connectivity index (χ1v) is 9.15. The predicted octanol–water partition coefficient (Wildman–Crippen LogP) is 5.66. The molecule has 1 atom stereocenters. The first-order chi connectivity index (χ1) is 10.8. The van der Waals surface area contributed by atoms with Gasteiger partial charge in [-0.1, -0.05) is 67.6 Å². The van der Waals surface area contributed by atoms with E-state index < -0.39 is 0 Å². The zero-order chi connectivity index (χ0) is 15.6. The summed E-state index contributed by atoms with van der Waals surface area (Å²) >= 11 is 7.21. The van der Waals surface area contributed by atoms with Crippen LogP contribution in [0.25, 0.3) is 0 Å².